The zero-order chi connectivity index (χ0) is 20.0. The molecule has 5 rings (SSSR count). The molecule has 2 saturated heterocycles. The van der Waals surface area contributed by atoms with Crippen molar-refractivity contribution in [2.75, 3.05) is 26.2 Å². The van der Waals surface area contributed by atoms with Gasteiger partial charge in [0.2, 0.25) is 0 Å². The fourth-order valence-corrected chi connectivity index (χ4v) is 4.82. The number of amides is 1. The minimum Gasteiger partial charge on any atom is -0.392 e. The SMILES string of the molecule is Cl.Cn1cccc1-c1nnc2ccc(C(=O)N3CCC[C@]4(CNCC[C@@H]4O)C3)cn12. The van der Waals surface area contributed by atoms with E-state index in [1.54, 1.807) is 0 Å². The van der Waals surface area contributed by atoms with Crippen molar-refractivity contribution in [2.45, 2.75) is 25.4 Å². The van der Waals surface area contributed by atoms with Gasteiger partial charge in [0.25, 0.3) is 5.91 Å². The van der Waals surface area contributed by atoms with Crippen molar-refractivity contribution in [1.29, 1.82) is 0 Å². The first kappa shape index (κ1) is 20.8. The lowest BCUT2D eigenvalue weighted by Gasteiger charge is -2.48. The minimum atomic E-state index is -0.358. The third-order valence-electron chi connectivity index (χ3n) is 6.50. The lowest BCUT2D eigenvalue weighted by atomic mass is 9.72. The number of likely N-dealkylation sites (tertiary alicyclic amines) is 1. The number of hydrogen-bond donors (Lipinski definition) is 2. The monoisotopic (exact) mass is 430 g/mol. The van der Waals surface area contributed by atoms with E-state index in [0.29, 0.717) is 23.6 Å². The number of halogens is 1. The molecule has 160 valence electrons. The summed E-state index contributed by atoms with van der Waals surface area (Å²) in [4.78, 5) is 15.2. The van der Waals surface area contributed by atoms with Gasteiger partial charge in [-0.2, -0.15) is 0 Å². The number of fused-ring (bicyclic) bond motifs is 1. The third kappa shape index (κ3) is 3.38. The number of aliphatic hydroxyl groups is 1. The quantitative estimate of drug-likeness (QED) is 0.646. The van der Waals surface area contributed by atoms with Crippen molar-refractivity contribution >= 4 is 24.0 Å². The Balaban J connectivity index is 0.00000218. The summed E-state index contributed by atoms with van der Waals surface area (Å²) in [6.45, 7) is 2.91. The zero-order valence-electron chi connectivity index (χ0n) is 17.0. The second kappa shape index (κ2) is 8.02. The Kier molecular flexibility index (Phi) is 5.57. The van der Waals surface area contributed by atoms with Crippen molar-refractivity contribution in [3.63, 3.8) is 0 Å². The number of carbonyl (C=O) groups excluding carboxylic acids is 1. The van der Waals surface area contributed by atoms with E-state index in [0.717, 1.165) is 44.6 Å². The Morgan fingerprint density at radius 1 is 1.30 bits per heavy atom. The van der Waals surface area contributed by atoms with Crippen LogP contribution in [-0.4, -0.2) is 67.4 Å². The van der Waals surface area contributed by atoms with Gasteiger partial charge in [0, 0.05) is 44.5 Å². The number of aryl methyl sites for hydroxylation is 1. The van der Waals surface area contributed by atoms with E-state index in [9.17, 15) is 9.90 Å². The Labute approximate surface area is 181 Å². The van der Waals surface area contributed by atoms with Gasteiger partial charge in [-0.15, -0.1) is 22.6 Å². The van der Waals surface area contributed by atoms with E-state index in [1.807, 2.05) is 57.6 Å². The highest BCUT2D eigenvalue weighted by Crippen LogP contribution is 2.36. The Morgan fingerprint density at radius 3 is 2.93 bits per heavy atom. The summed E-state index contributed by atoms with van der Waals surface area (Å²) in [6, 6.07) is 7.60. The van der Waals surface area contributed by atoms with Gasteiger partial charge in [0.1, 0.15) is 0 Å². The number of carbonyl (C=O) groups is 1. The minimum absolute atomic E-state index is 0. The molecule has 30 heavy (non-hydrogen) atoms. The summed E-state index contributed by atoms with van der Waals surface area (Å²) >= 11 is 0. The number of hydrogen-bond acceptors (Lipinski definition) is 5. The molecule has 0 aliphatic carbocycles. The number of nitrogens with one attached hydrogen (secondary N) is 1. The molecule has 0 saturated carbocycles. The number of nitrogens with zero attached hydrogens (tertiary/aromatic N) is 5. The van der Waals surface area contributed by atoms with Gasteiger partial charge in [-0.05, 0) is 50.1 Å². The van der Waals surface area contributed by atoms with Gasteiger partial charge in [-0.25, -0.2) is 0 Å². The van der Waals surface area contributed by atoms with Gasteiger partial charge in [0.15, 0.2) is 11.5 Å². The Hall–Kier alpha value is -2.42. The van der Waals surface area contributed by atoms with Gasteiger partial charge in [-0.3, -0.25) is 9.20 Å². The molecule has 2 N–H and O–H groups in total. The summed E-state index contributed by atoms with van der Waals surface area (Å²) in [5, 5.41) is 22.6. The summed E-state index contributed by atoms with van der Waals surface area (Å²) in [7, 11) is 1.96. The van der Waals surface area contributed by atoms with Crippen LogP contribution in [-0.2, 0) is 7.05 Å². The van der Waals surface area contributed by atoms with Crippen LogP contribution in [0.25, 0.3) is 17.2 Å². The molecular formula is C21H27ClN6O2. The van der Waals surface area contributed by atoms with E-state index in [1.165, 1.54) is 0 Å². The molecule has 0 bridgehead atoms. The third-order valence-corrected chi connectivity index (χ3v) is 6.50. The summed E-state index contributed by atoms with van der Waals surface area (Å²) < 4.78 is 3.86. The standard InChI is InChI=1S/C21H26N6O2.ClH/c1-25-10-2-4-16(25)19-24-23-18-6-5-15(12-27(18)19)20(29)26-11-3-8-21(14-26)13-22-9-7-17(21)28;/h2,4-6,10,12,17,22,28H,3,7-9,11,13-14H2,1H3;1H/t17-,21-;/m0./s1. The van der Waals surface area contributed by atoms with Crippen molar-refractivity contribution in [3.05, 3.63) is 42.2 Å². The molecule has 1 amide bonds. The first-order valence-electron chi connectivity index (χ1n) is 10.2. The summed E-state index contributed by atoms with van der Waals surface area (Å²) in [5.41, 5.74) is 2.03. The molecule has 2 aliphatic rings. The molecule has 0 radical (unpaired) electrons. The van der Waals surface area contributed by atoms with Gasteiger partial charge in [-0.1, -0.05) is 0 Å². The van der Waals surface area contributed by atoms with E-state index >= 15 is 0 Å². The first-order valence-corrected chi connectivity index (χ1v) is 10.2. The predicted octanol–water partition coefficient (Wildman–Crippen LogP) is 1.73. The van der Waals surface area contributed by atoms with Crippen molar-refractivity contribution in [2.24, 2.45) is 12.5 Å². The van der Waals surface area contributed by atoms with E-state index in [2.05, 4.69) is 15.5 Å². The van der Waals surface area contributed by atoms with Crippen molar-refractivity contribution in [3.8, 4) is 11.5 Å². The molecule has 2 fully saturated rings. The topological polar surface area (TPSA) is 87.7 Å². The fourth-order valence-electron chi connectivity index (χ4n) is 4.82. The first-order chi connectivity index (χ1) is 14.1. The van der Waals surface area contributed by atoms with Crippen LogP contribution in [0.1, 0.15) is 29.6 Å². The molecular weight excluding hydrogens is 404 g/mol. The number of rotatable bonds is 2. The molecule has 2 atom stereocenters. The highest BCUT2D eigenvalue weighted by Gasteiger charge is 2.44. The van der Waals surface area contributed by atoms with Crippen LogP contribution >= 0.6 is 12.4 Å². The highest BCUT2D eigenvalue weighted by molar-refractivity contribution is 5.94. The number of aliphatic hydroxyl groups excluding tert-OH is 1. The molecule has 0 unspecified atom stereocenters. The zero-order valence-corrected chi connectivity index (χ0v) is 17.8. The van der Waals surface area contributed by atoms with Crippen LogP contribution in [0.2, 0.25) is 0 Å². The van der Waals surface area contributed by atoms with E-state index in [-0.39, 0.29) is 29.8 Å². The summed E-state index contributed by atoms with van der Waals surface area (Å²) in [5.74, 6) is 0.708. The average Bonchev–Trinajstić information content (AvgIpc) is 3.35. The summed E-state index contributed by atoms with van der Waals surface area (Å²) in [6.07, 6.45) is 6.04. The molecule has 3 aromatic heterocycles. The molecule has 3 aromatic rings. The maximum absolute atomic E-state index is 13.3. The Bertz CT molecular complexity index is 1060. The van der Waals surface area contributed by atoms with Crippen LogP contribution in [0.5, 0.6) is 0 Å². The van der Waals surface area contributed by atoms with Crippen LogP contribution < -0.4 is 5.32 Å². The van der Waals surface area contributed by atoms with Crippen LogP contribution in [0, 0.1) is 5.41 Å². The number of piperidine rings is 2. The van der Waals surface area contributed by atoms with E-state index in [4.69, 9.17) is 0 Å². The van der Waals surface area contributed by atoms with Gasteiger partial charge in [0.05, 0.1) is 17.4 Å². The second-order valence-corrected chi connectivity index (χ2v) is 8.35. The predicted molar refractivity (Wildman–Crippen MR) is 116 cm³/mol. The van der Waals surface area contributed by atoms with Gasteiger partial charge < -0.3 is 19.9 Å². The Morgan fingerprint density at radius 2 is 2.17 bits per heavy atom. The molecule has 0 aromatic carbocycles. The molecule has 2 aliphatic heterocycles. The van der Waals surface area contributed by atoms with Crippen LogP contribution in [0.4, 0.5) is 0 Å². The normalized spacial score (nSPS) is 24.2. The molecule has 5 heterocycles. The number of pyridine rings is 1. The lowest BCUT2D eigenvalue weighted by Crippen LogP contribution is -2.58. The highest BCUT2D eigenvalue weighted by atomic mass is 35.5. The molecule has 9 heteroatoms. The lowest BCUT2D eigenvalue weighted by molar-refractivity contribution is -0.0433. The molecule has 1 spiro atoms. The van der Waals surface area contributed by atoms with Crippen molar-refractivity contribution in [1.82, 2.24) is 29.4 Å². The average molecular weight is 431 g/mol. The maximum Gasteiger partial charge on any atom is 0.255 e. The second-order valence-electron chi connectivity index (χ2n) is 8.35. The molecule has 8 nitrogen and oxygen atoms in total. The maximum atomic E-state index is 13.3. The van der Waals surface area contributed by atoms with Crippen molar-refractivity contribution < 1.29 is 9.90 Å². The number of aromatic nitrogens is 4. The van der Waals surface area contributed by atoms with Crippen LogP contribution in [0.15, 0.2) is 36.7 Å². The van der Waals surface area contributed by atoms with Crippen LogP contribution in [0.3, 0.4) is 0 Å². The van der Waals surface area contributed by atoms with Gasteiger partial charge >= 0.3 is 0 Å². The van der Waals surface area contributed by atoms with E-state index < -0.39 is 0 Å². The fraction of sp³-hybridized carbons (Fsp3) is 0.476. The largest absolute Gasteiger partial charge is 0.392 e. The smallest absolute Gasteiger partial charge is 0.255 e.